The van der Waals surface area contributed by atoms with Gasteiger partial charge in [-0.25, -0.2) is 4.98 Å². The third-order valence-corrected chi connectivity index (χ3v) is 6.47. The second-order valence-corrected chi connectivity index (χ2v) is 8.26. The Morgan fingerprint density at radius 1 is 1.00 bits per heavy atom. The zero-order chi connectivity index (χ0) is 21.5. The van der Waals surface area contributed by atoms with Crippen molar-refractivity contribution in [1.82, 2.24) is 9.88 Å². The Morgan fingerprint density at radius 3 is 2.33 bits per heavy atom. The van der Waals surface area contributed by atoms with E-state index in [0.29, 0.717) is 13.0 Å². The van der Waals surface area contributed by atoms with E-state index >= 15 is 0 Å². The zero-order valence-corrected chi connectivity index (χ0v) is 19.2. The monoisotopic (exact) mass is 425 g/mol. The van der Waals surface area contributed by atoms with Crippen LogP contribution in [0.4, 0.5) is 5.13 Å². The Balaban J connectivity index is 1.85. The first-order valence-corrected chi connectivity index (χ1v) is 11.4. The number of fused-ring (bicyclic) bond motifs is 1. The summed E-state index contributed by atoms with van der Waals surface area (Å²) >= 11 is 1.60. The molecule has 0 atom stereocenters. The molecule has 0 aliphatic heterocycles. The lowest BCUT2D eigenvalue weighted by molar-refractivity contribution is -0.118. The number of amides is 1. The van der Waals surface area contributed by atoms with Crippen LogP contribution in [-0.4, -0.2) is 49.1 Å². The van der Waals surface area contributed by atoms with Crippen molar-refractivity contribution < 1.29 is 9.53 Å². The maximum atomic E-state index is 13.3. The summed E-state index contributed by atoms with van der Waals surface area (Å²) in [4.78, 5) is 22.3. The van der Waals surface area contributed by atoms with Crippen LogP contribution in [0.15, 0.2) is 42.5 Å². The molecule has 1 heterocycles. The number of carbonyl (C=O) groups excluding carboxylic acids is 1. The molecule has 0 saturated heterocycles. The molecule has 30 heavy (non-hydrogen) atoms. The van der Waals surface area contributed by atoms with Gasteiger partial charge in [0, 0.05) is 13.1 Å². The summed E-state index contributed by atoms with van der Waals surface area (Å²) < 4.78 is 6.36. The fourth-order valence-corrected chi connectivity index (χ4v) is 4.49. The van der Waals surface area contributed by atoms with Gasteiger partial charge in [0.05, 0.1) is 23.7 Å². The number of anilines is 1. The van der Waals surface area contributed by atoms with Crippen molar-refractivity contribution in [2.24, 2.45) is 0 Å². The van der Waals surface area contributed by atoms with Crippen LogP contribution in [0.25, 0.3) is 10.2 Å². The van der Waals surface area contributed by atoms with E-state index in [1.54, 1.807) is 18.4 Å². The average Bonchev–Trinajstić information content (AvgIpc) is 3.19. The molecule has 5 nitrogen and oxygen atoms in total. The lowest BCUT2D eigenvalue weighted by Crippen LogP contribution is -2.39. The fourth-order valence-electron chi connectivity index (χ4n) is 3.41. The number of aromatic nitrogens is 1. The van der Waals surface area contributed by atoms with Crippen LogP contribution >= 0.6 is 11.3 Å². The van der Waals surface area contributed by atoms with E-state index < -0.39 is 0 Å². The number of rotatable bonds is 10. The van der Waals surface area contributed by atoms with Gasteiger partial charge in [-0.05, 0) is 54.9 Å². The molecule has 2 aromatic carbocycles. The highest BCUT2D eigenvalue weighted by molar-refractivity contribution is 7.22. The Hall–Kier alpha value is -2.44. The Kier molecular flexibility index (Phi) is 7.82. The number of hydrogen-bond donors (Lipinski definition) is 0. The van der Waals surface area contributed by atoms with Gasteiger partial charge in [-0.15, -0.1) is 0 Å². The van der Waals surface area contributed by atoms with E-state index in [0.717, 1.165) is 52.7 Å². The molecule has 0 unspecified atom stereocenters. The second-order valence-electron chi connectivity index (χ2n) is 7.25. The van der Waals surface area contributed by atoms with Crippen LogP contribution in [0.5, 0.6) is 5.75 Å². The quantitative estimate of drug-likeness (QED) is 0.469. The molecule has 0 fully saturated rings. The molecule has 0 aliphatic carbocycles. The highest BCUT2D eigenvalue weighted by atomic mass is 32.1. The van der Waals surface area contributed by atoms with Gasteiger partial charge in [-0.3, -0.25) is 9.69 Å². The van der Waals surface area contributed by atoms with Crippen molar-refractivity contribution in [1.29, 1.82) is 0 Å². The SMILES string of the molecule is CCc1ccc2nc(N(CCN(CC)CC)C(=O)Cc3ccc(OC)cc3)sc2c1. The summed E-state index contributed by atoms with van der Waals surface area (Å²) in [6.45, 7) is 9.86. The van der Waals surface area contributed by atoms with Crippen molar-refractivity contribution in [2.45, 2.75) is 33.6 Å². The Labute approximate surface area is 183 Å². The molecular weight excluding hydrogens is 394 g/mol. The van der Waals surface area contributed by atoms with Crippen LogP contribution in [0.2, 0.25) is 0 Å². The molecule has 0 spiro atoms. The minimum Gasteiger partial charge on any atom is -0.497 e. The normalized spacial score (nSPS) is 11.2. The summed E-state index contributed by atoms with van der Waals surface area (Å²) in [5.41, 5.74) is 3.22. The molecule has 6 heteroatoms. The third kappa shape index (κ3) is 5.37. The number of aryl methyl sites for hydroxylation is 1. The molecule has 0 aliphatic rings. The number of hydrogen-bond acceptors (Lipinski definition) is 5. The van der Waals surface area contributed by atoms with Gasteiger partial charge < -0.3 is 9.64 Å². The van der Waals surface area contributed by atoms with Crippen molar-refractivity contribution in [2.75, 3.05) is 38.2 Å². The summed E-state index contributed by atoms with van der Waals surface area (Å²) in [5.74, 6) is 0.865. The summed E-state index contributed by atoms with van der Waals surface area (Å²) in [7, 11) is 1.65. The molecule has 3 rings (SSSR count). The standard InChI is InChI=1S/C24H31N3O2S/c1-5-18-10-13-21-22(16-18)30-24(25-21)27(15-14-26(6-2)7-3)23(28)17-19-8-11-20(29-4)12-9-19/h8-13,16H,5-7,14-15,17H2,1-4H3. The van der Waals surface area contributed by atoms with Crippen LogP contribution in [0.3, 0.4) is 0 Å². The number of likely N-dealkylation sites (N-methyl/N-ethyl adjacent to an activating group) is 1. The molecule has 0 bridgehead atoms. The molecule has 1 aromatic heterocycles. The number of thiazole rings is 1. The largest absolute Gasteiger partial charge is 0.497 e. The lowest BCUT2D eigenvalue weighted by atomic mass is 10.1. The molecule has 0 N–H and O–H groups in total. The van der Waals surface area contributed by atoms with Gasteiger partial charge in [0.1, 0.15) is 5.75 Å². The van der Waals surface area contributed by atoms with Gasteiger partial charge >= 0.3 is 0 Å². The van der Waals surface area contributed by atoms with Crippen LogP contribution in [0.1, 0.15) is 31.9 Å². The van der Waals surface area contributed by atoms with Gasteiger partial charge in [0.2, 0.25) is 5.91 Å². The lowest BCUT2D eigenvalue weighted by Gasteiger charge is -2.24. The highest BCUT2D eigenvalue weighted by Gasteiger charge is 2.21. The van der Waals surface area contributed by atoms with E-state index in [1.165, 1.54) is 5.56 Å². The number of ether oxygens (including phenoxy) is 1. The van der Waals surface area contributed by atoms with E-state index in [2.05, 4.69) is 43.9 Å². The number of nitrogens with zero attached hydrogens (tertiary/aromatic N) is 3. The van der Waals surface area contributed by atoms with Gasteiger partial charge in [0.15, 0.2) is 5.13 Å². The fraction of sp³-hybridized carbons (Fsp3) is 0.417. The third-order valence-electron chi connectivity index (χ3n) is 5.43. The Morgan fingerprint density at radius 2 is 1.70 bits per heavy atom. The molecule has 1 amide bonds. The second kappa shape index (κ2) is 10.5. The maximum absolute atomic E-state index is 13.3. The molecule has 0 radical (unpaired) electrons. The van der Waals surface area contributed by atoms with Crippen molar-refractivity contribution in [3.8, 4) is 5.75 Å². The minimum absolute atomic E-state index is 0.0714. The van der Waals surface area contributed by atoms with E-state index in [4.69, 9.17) is 9.72 Å². The van der Waals surface area contributed by atoms with E-state index in [9.17, 15) is 4.79 Å². The van der Waals surface area contributed by atoms with Crippen molar-refractivity contribution in [3.05, 3.63) is 53.6 Å². The maximum Gasteiger partial charge on any atom is 0.233 e. The first kappa shape index (κ1) is 22.2. The smallest absolute Gasteiger partial charge is 0.233 e. The van der Waals surface area contributed by atoms with Crippen LogP contribution in [0, 0.1) is 0 Å². The highest BCUT2D eigenvalue weighted by Crippen LogP contribution is 2.30. The predicted molar refractivity (Wildman–Crippen MR) is 126 cm³/mol. The number of carbonyl (C=O) groups is 1. The minimum atomic E-state index is 0.0714. The number of benzene rings is 2. The zero-order valence-electron chi connectivity index (χ0n) is 18.4. The first-order valence-electron chi connectivity index (χ1n) is 10.6. The van der Waals surface area contributed by atoms with Crippen molar-refractivity contribution in [3.63, 3.8) is 0 Å². The summed E-state index contributed by atoms with van der Waals surface area (Å²) in [5, 5.41) is 0.781. The first-order chi connectivity index (χ1) is 14.6. The van der Waals surface area contributed by atoms with Gasteiger partial charge in [-0.2, -0.15) is 0 Å². The van der Waals surface area contributed by atoms with Gasteiger partial charge in [-0.1, -0.05) is 50.3 Å². The van der Waals surface area contributed by atoms with Crippen LogP contribution < -0.4 is 9.64 Å². The van der Waals surface area contributed by atoms with Crippen molar-refractivity contribution >= 4 is 32.6 Å². The summed E-state index contributed by atoms with van der Waals surface area (Å²) in [6.07, 6.45) is 1.34. The predicted octanol–water partition coefficient (Wildman–Crippen LogP) is 4.78. The number of methoxy groups -OCH3 is 1. The Bertz CT molecular complexity index is 964. The molecule has 160 valence electrons. The van der Waals surface area contributed by atoms with E-state index in [1.807, 2.05) is 29.2 Å². The molecule has 0 saturated carbocycles. The van der Waals surface area contributed by atoms with E-state index in [-0.39, 0.29) is 5.91 Å². The summed E-state index contributed by atoms with van der Waals surface area (Å²) in [6, 6.07) is 14.1. The van der Waals surface area contributed by atoms with Gasteiger partial charge in [0.25, 0.3) is 0 Å². The average molecular weight is 426 g/mol. The van der Waals surface area contributed by atoms with Crippen LogP contribution in [-0.2, 0) is 17.6 Å². The topological polar surface area (TPSA) is 45.7 Å². The molecule has 3 aromatic rings. The molecular formula is C24H31N3O2S.